The molecule has 0 saturated heterocycles. The van der Waals surface area contributed by atoms with Gasteiger partial charge in [0.05, 0.1) is 10.5 Å². The molecule has 0 amide bonds. The van der Waals surface area contributed by atoms with Gasteiger partial charge in [0.25, 0.3) is 5.69 Å². The summed E-state index contributed by atoms with van der Waals surface area (Å²) in [5.74, 6) is 0.730. The van der Waals surface area contributed by atoms with E-state index in [1.165, 1.54) is 18.6 Å². The fraction of sp³-hybridized carbons (Fsp3) is 0.600. The molecule has 1 saturated carbocycles. The first-order valence-corrected chi connectivity index (χ1v) is 7.23. The molecule has 0 spiro atoms. The highest BCUT2D eigenvalue weighted by molar-refractivity contribution is 5.51. The van der Waals surface area contributed by atoms with E-state index in [0.29, 0.717) is 12.2 Å². The van der Waals surface area contributed by atoms with Gasteiger partial charge >= 0.3 is 0 Å². The zero-order valence-corrected chi connectivity index (χ0v) is 11.8. The van der Waals surface area contributed by atoms with E-state index in [-0.39, 0.29) is 5.69 Å². The minimum absolute atomic E-state index is 0.0664. The van der Waals surface area contributed by atoms with E-state index in [1.54, 1.807) is 12.1 Å². The number of benzene rings is 1. The van der Waals surface area contributed by atoms with Crippen LogP contribution in [0.25, 0.3) is 0 Å². The first-order chi connectivity index (χ1) is 9.52. The van der Waals surface area contributed by atoms with Gasteiger partial charge in [0.15, 0.2) is 0 Å². The number of anilines is 1. The fourth-order valence-corrected chi connectivity index (χ4v) is 2.80. The predicted octanol–water partition coefficient (Wildman–Crippen LogP) is 3.34. The van der Waals surface area contributed by atoms with Crippen LogP contribution in [-0.2, 0) is 0 Å². The van der Waals surface area contributed by atoms with Crippen LogP contribution in [-0.4, -0.2) is 22.2 Å². The van der Waals surface area contributed by atoms with Gasteiger partial charge in [0.2, 0.25) is 0 Å². The van der Waals surface area contributed by atoms with E-state index < -0.39 is 10.5 Å². The molecule has 0 aliphatic heterocycles. The van der Waals surface area contributed by atoms with Crippen molar-refractivity contribution in [2.75, 3.05) is 11.9 Å². The lowest BCUT2D eigenvalue weighted by Crippen LogP contribution is -2.40. The number of non-ortho nitro benzene ring substituents is 1. The molecule has 2 rings (SSSR count). The summed E-state index contributed by atoms with van der Waals surface area (Å²) < 4.78 is 0. The molecule has 0 bridgehead atoms. The van der Waals surface area contributed by atoms with Crippen molar-refractivity contribution in [2.45, 2.75) is 44.6 Å². The quantitative estimate of drug-likeness (QED) is 0.640. The maximum Gasteiger partial charge on any atom is 0.271 e. The monoisotopic (exact) mass is 278 g/mol. The van der Waals surface area contributed by atoms with Crippen LogP contribution in [0, 0.1) is 16.0 Å². The number of hydrogen-bond donors (Lipinski definition) is 2. The van der Waals surface area contributed by atoms with E-state index in [2.05, 4.69) is 12.2 Å². The summed E-state index contributed by atoms with van der Waals surface area (Å²) in [4.78, 5) is 10.3. The van der Waals surface area contributed by atoms with Crippen LogP contribution in [0.5, 0.6) is 0 Å². The van der Waals surface area contributed by atoms with Gasteiger partial charge in [0, 0.05) is 24.4 Å². The summed E-state index contributed by atoms with van der Waals surface area (Å²) in [5.41, 5.74) is 0.0675. The van der Waals surface area contributed by atoms with E-state index in [4.69, 9.17) is 0 Å². The smallest absolute Gasteiger partial charge is 0.271 e. The Hall–Kier alpha value is -1.62. The van der Waals surface area contributed by atoms with Gasteiger partial charge in [-0.05, 0) is 37.7 Å². The van der Waals surface area contributed by atoms with Crippen LogP contribution in [0.4, 0.5) is 11.4 Å². The van der Waals surface area contributed by atoms with Crippen molar-refractivity contribution in [1.82, 2.24) is 0 Å². The summed E-state index contributed by atoms with van der Waals surface area (Å²) in [5, 5.41) is 24.4. The van der Waals surface area contributed by atoms with Gasteiger partial charge < -0.3 is 10.4 Å². The van der Waals surface area contributed by atoms with Gasteiger partial charge in [0.1, 0.15) is 0 Å². The first-order valence-electron chi connectivity index (χ1n) is 7.23. The van der Waals surface area contributed by atoms with Gasteiger partial charge in [-0.1, -0.05) is 19.4 Å². The summed E-state index contributed by atoms with van der Waals surface area (Å²) >= 11 is 0. The summed E-state index contributed by atoms with van der Waals surface area (Å²) in [6.07, 6.45) is 4.89. The molecule has 1 aromatic carbocycles. The standard InChI is InChI=1S/C15H22N2O3/c1-2-12-6-8-15(18,9-7-12)11-16-13-4-3-5-14(10-13)17(19)20/h3-5,10,12,16,18H,2,6-9,11H2,1H3. The van der Waals surface area contributed by atoms with Crippen molar-refractivity contribution in [3.05, 3.63) is 34.4 Å². The molecule has 0 atom stereocenters. The number of rotatable bonds is 5. The third-order valence-electron chi connectivity index (χ3n) is 4.29. The Kier molecular flexibility index (Phi) is 4.60. The largest absolute Gasteiger partial charge is 0.388 e. The Morgan fingerprint density at radius 3 is 2.75 bits per heavy atom. The minimum atomic E-state index is -0.684. The Balaban J connectivity index is 1.92. The average Bonchev–Trinajstić information content (AvgIpc) is 2.46. The van der Waals surface area contributed by atoms with Crippen molar-refractivity contribution >= 4 is 11.4 Å². The number of nitro groups is 1. The molecule has 2 N–H and O–H groups in total. The number of aliphatic hydroxyl groups is 1. The second-order valence-electron chi connectivity index (χ2n) is 5.74. The topological polar surface area (TPSA) is 75.4 Å². The predicted molar refractivity (Wildman–Crippen MR) is 78.8 cm³/mol. The second kappa shape index (κ2) is 6.22. The number of nitro benzene ring substituents is 1. The molecule has 1 aliphatic rings. The lowest BCUT2D eigenvalue weighted by atomic mass is 9.78. The maximum absolute atomic E-state index is 10.7. The first kappa shape index (κ1) is 14.8. The van der Waals surface area contributed by atoms with Crippen LogP contribution >= 0.6 is 0 Å². The molecule has 110 valence electrons. The third kappa shape index (κ3) is 3.70. The van der Waals surface area contributed by atoms with Crippen LogP contribution in [0.15, 0.2) is 24.3 Å². The molecule has 1 aliphatic carbocycles. The zero-order valence-electron chi connectivity index (χ0n) is 11.8. The lowest BCUT2D eigenvalue weighted by Gasteiger charge is -2.36. The highest BCUT2D eigenvalue weighted by atomic mass is 16.6. The maximum atomic E-state index is 10.7. The molecule has 5 nitrogen and oxygen atoms in total. The van der Waals surface area contributed by atoms with E-state index in [9.17, 15) is 15.2 Å². The highest BCUT2D eigenvalue weighted by Crippen LogP contribution is 2.33. The van der Waals surface area contributed by atoms with E-state index in [1.807, 2.05) is 0 Å². The molecule has 1 fully saturated rings. The summed E-state index contributed by atoms with van der Waals surface area (Å²) in [7, 11) is 0. The molecular formula is C15H22N2O3. The van der Waals surface area contributed by atoms with Crippen LogP contribution in [0.3, 0.4) is 0 Å². The van der Waals surface area contributed by atoms with Gasteiger partial charge in [-0.25, -0.2) is 0 Å². The van der Waals surface area contributed by atoms with Crippen molar-refractivity contribution in [1.29, 1.82) is 0 Å². The average molecular weight is 278 g/mol. The zero-order chi connectivity index (χ0) is 14.6. The van der Waals surface area contributed by atoms with Crippen LogP contribution in [0.2, 0.25) is 0 Å². The van der Waals surface area contributed by atoms with Crippen molar-refractivity contribution in [3.63, 3.8) is 0 Å². The van der Waals surface area contributed by atoms with Crippen LogP contribution < -0.4 is 5.32 Å². The molecule has 0 radical (unpaired) electrons. The molecule has 1 aromatic rings. The molecule has 5 heteroatoms. The molecule has 20 heavy (non-hydrogen) atoms. The fourth-order valence-electron chi connectivity index (χ4n) is 2.80. The third-order valence-corrected chi connectivity index (χ3v) is 4.29. The number of nitrogens with zero attached hydrogens (tertiary/aromatic N) is 1. The number of nitrogens with one attached hydrogen (secondary N) is 1. The minimum Gasteiger partial charge on any atom is -0.388 e. The van der Waals surface area contributed by atoms with Gasteiger partial charge in [-0.3, -0.25) is 10.1 Å². The normalized spacial score (nSPS) is 26.2. The Labute approximate surface area is 119 Å². The molecular weight excluding hydrogens is 256 g/mol. The lowest BCUT2D eigenvalue weighted by molar-refractivity contribution is -0.384. The van der Waals surface area contributed by atoms with Crippen molar-refractivity contribution in [2.24, 2.45) is 5.92 Å². The van der Waals surface area contributed by atoms with Crippen molar-refractivity contribution in [3.8, 4) is 0 Å². The second-order valence-corrected chi connectivity index (χ2v) is 5.74. The van der Waals surface area contributed by atoms with Crippen LogP contribution in [0.1, 0.15) is 39.0 Å². The Morgan fingerprint density at radius 1 is 1.45 bits per heavy atom. The molecule has 0 heterocycles. The van der Waals surface area contributed by atoms with E-state index in [0.717, 1.165) is 31.6 Å². The van der Waals surface area contributed by atoms with E-state index >= 15 is 0 Å². The molecule has 0 aromatic heterocycles. The number of hydrogen-bond acceptors (Lipinski definition) is 4. The Morgan fingerprint density at radius 2 is 2.15 bits per heavy atom. The molecule has 0 unspecified atom stereocenters. The van der Waals surface area contributed by atoms with Crippen molar-refractivity contribution < 1.29 is 10.0 Å². The highest BCUT2D eigenvalue weighted by Gasteiger charge is 2.32. The SMILES string of the molecule is CCC1CCC(O)(CNc2cccc([N+](=O)[O-])c2)CC1. The Bertz CT molecular complexity index is 468. The summed E-state index contributed by atoms with van der Waals surface area (Å²) in [6.45, 7) is 2.64. The van der Waals surface area contributed by atoms with Gasteiger partial charge in [-0.2, -0.15) is 0 Å². The van der Waals surface area contributed by atoms with Gasteiger partial charge in [-0.15, -0.1) is 0 Å². The summed E-state index contributed by atoms with van der Waals surface area (Å²) in [6, 6.07) is 6.40.